The molecule has 0 unspecified atom stereocenters. The molecule has 130 valence electrons. The van der Waals surface area contributed by atoms with Crippen LogP contribution in [0.4, 0.5) is 0 Å². The Hall–Kier alpha value is -2.41. The van der Waals surface area contributed by atoms with Crippen LogP contribution in [0.1, 0.15) is 32.2 Å². The highest BCUT2D eigenvalue weighted by Crippen LogP contribution is 2.18. The number of aromatic nitrogens is 2. The average Bonchev–Trinajstić information content (AvgIpc) is 2.84. The van der Waals surface area contributed by atoms with Gasteiger partial charge in [0, 0.05) is 19.2 Å². The second-order valence-corrected chi connectivity index (χ2v) is 6.49. The Morgan fingerprint density at radius 2 is 1.96 bits per heavy atom. The van der Waals surface area contributed by atoms with Gasteiger partial charge in [-0.15, -0.1) is 5.10 Å². The zero-order chi connectivity index (χ0) is 17.7. The lowest BCUT2D eigenvalue weighted by Crippen LogP contribution is -2.47. The summed E-state index contributed by atoms with van der Waals surface area (Å²) in [7, 11) is 1.48. The van der Waals surface area contributed by atoms with Crippen LogP contribution < -0.4 is 5.76 Å². The molecule has 1 aromatic carbocycles. The molecule has 0 radical (unpaired) electrons. The standard InChI is InChI=1S/C17H23N3O4/c1-17(2,3)19(10-13-8-6-5-7-9-13)15(21)11-20-16(22)24-14(18-20)12-23-4/h5-9H,10-12H2,1-4H3. The summed E-state index contributed by atoms with van der Waals surface area (Å²) in [6, 6.07) is 9.72. The van der Waals surface area contributed by atoms with E-state index in [-0.39, 0.29) is 24.9 Å². The Bertz CT molecular complexity index is 728. The molecule has 24 heavy (non-hydrogen) atoms. The zero-order valence-electron chi connectivity index (χ0n) is 14.5. The third kappa shape index (κ3) is 4.55. The number of carbonyl (C=O) groups is 1. The van der Waals surface area contributed by atoms with Crippen molar-refractivity contribution in [2.45, 2.75) is 46.0 Å². The molecule has 7 nitrogen and oxygen atoms in total. The first-order chi connectivity index (χ1) is 11.3. The molecular weight excluding hydrogens is 310 g/mol. The molecule has 2 aromatic rings. The predicted octanol–water partition coefficient (Wildman–Crippen LogP) is 1.81. The Morgan fingerprint density at radius 1 is 1.29 bits per heavy atom. The van der Waals surface area contributed by atoms with Gasteiger partial charge >= 0.3 is 5.76 Å². The maximum absolute atomic E-state index is 12.7. The van der Waals surface area contributed by atoms with E-state index in [0.29, 0.717) is 6.54 Å². The van der Waals surface area contributed by atoms with E-state index in [4.69, 9.17) is 9.15 Å². The highest BCUT2D eigenvalue weighted by atomic mass is 16.5. The summed E-state index contributed by atoms with van der Waals surface area (Å²) in [6.07, 6.45) is 0. The molecule has 0 spiro atoms. The van der Waals surface area contributed by atoms with Gasteiger partial charge in [-0.2, -0.15) is 4.68 Å². The fourth-order valence-corrected chi connectivity index (χ4v) is 2.31. The van der Waals surface area contributed by atoms with Crippen LogP contribution in [0, 0.1) is 0 Å². The first-order valence-electron chi connectivity index (χ1n) is 7.71. The summed E-state index contributed by atoms with van der Waals surface area (Å²) < 4.78 is 10.8. The van der Waals surface area contributed by atoms with Crippen molar-refractivity contribution in [1.82, 2.24) is 14.7 Å². The van der Waals surface area contributed by atoms with Crippen molar-refractivity contribution in [1.29, 1.82) is 0 Å². The number of hydrogen-bond donors (Lipinski definition) is 0. The minimum atomic E-state index is -0.663. The summed E-state index contributed by atoms with van der Waals surface area (Å²) in [5.74, 6) is -0.713. The first-order valence-corrected chi connectivity index (χ1v) is 7.71. The van der Waals surface area contributed by atoms with Crippen molar-refractivity contribution in [3.63, 3.8) is 0 Å². The van der Waals surface area contributed by atoms with E-state index in [1.54, 1.807) is 4.90 Å². The van der Waals surface area contributed by atoms with Gasteiger partial charge < -0.3 is 14.1 Å². The average molecular weight is 333 g/mol. The number of amides is 1. The van der Waals surface area contributed by atoms with Gasteiger partial charge in [0.25, 0.3) is 0 Å². The van der Waals surface area contributed by atoms with E-state index in [1.165, 1.54) is 7.11 Å². The first kappa shape index (κ1) is 17.9. The van der Waals surface area contributed by atoms with Crippen LogP contribution in [0.3, 0.4) is 0 Å². The molecule has 0 N–H and O–H groups in total. The van der Waals surface area contributed by atoms with Crippen molar-refractivity contribution in [3.8, 4) is 0 Å². The lowest BCUT2D eigenvalue weighted by Gasteiger charge is -2.35. The van der Waals surface area contributed by atoms with E-state index in [9.17, 15) is 9.59 Å². The number of nitrogens with zero attached hydrogens (tertiary/aromatic N) is 3. The summed E-state index contributed by atoms with van der Waals surface area (Å²) in [4.78, 5) is 26.2. The smallest absolute Gasteiger partial charge is 0.390 e. The van der Waals surface area contributed by atoms with E-state index >= 15 is 0 Å². The number of benzene rings is 1. The Morgan fingerprint density at radius 3 is 2.54 bits per heavy atom. The zero-order valence-corrected chi connectivity index (χ0v) is 14.5. The number of hydrogen-bond acceptors (Lipinski definition) is 5. The van der Waals surface area contributed by atoms with Gasteiger partial charge in [-0.25, -0.2) is 4.79 Å². The molecule has 0 saturated carbocycles. The monoisotopic (exact) mass is 333 g/mol. The van der Waals surface area contributed by atoms with Gasteiger partial charge in [0.05, 0.1) is 0 Å². The van der Waals surface area contributed by atoms with Crippen molar-refractivity contribution in [2.75, 3.05) is 7.11 Å². The van der Waals surface area contributed by atoms with Crippen LogP contribution in [0.15, 0.2) is 39.5 Å². The summed E-state index contributed by atoms with van der Waals surface area (Å²) in [5.41, 5.74) is 0.628. The molecule has 0 saturated heterocycles. The highest BCUT2D eigenvalue weighted by Gasteiger charge is 2.27. The fraction of sp³-hybridized carbons (Fsp3) is 0.471. The maximum atomic E-state index is 12.7. The SMILES string of the molecule is COCc1nn(CC(=O)N(Cc2ccccc2)C(C)(C)C)c(=O)o1. The topological polar surface area (TPSA) is 77.6 Å². The van der Waals surface area contributed by atoms with Gasteiger partial charge in [-0.3, -0.25) is 4.79 Å². The molecule has 2 rings (SSSR count). The normalized spacial score (nSPS) is 11.5. The van der Waals surface area contributed by atoms with Gasteiger partial charge in [0.2, 0.25) is 11.8 Å². The molecule has 0 bridgehead atoms. The van der Waals surface area contributed by atoms with Crippen LogP contribution in [0.25, 0.3) is 0 Å². The number of ether oxygens (including phenoxy) is 1. The third-order valence-electron chi connectivity index (χ3n) is 3.50. The van der Waals surface area contributed by atoms with Gasteiger partial charge in [0.1, 0.15) is 13.2 Å². The van der Waals surface area contributed by atoms with Gasteiger partial charge in [-0.1, -0.05) is 30.3 Å². The molecule has 0 aliphatic rings. The Labute approximate surface area is 140 Å². The van der Waals surface area contributed by atoms with Crippen molar-refractivity contribution >= 4 is 5.91 Å². The molecular formula is C17H23N3O4. The number of rotatable bonds is 6. The van der Waals surface area contributed by atoms with Gasteiger partial charge in [-0.05, 0) is 26.3 Å². The van der Waals surface area contributed by atoms with E-state index in [2.05, 4.69) is 5.10 Å². The molecule has 7 heteroatoms. The van der Waals surface area contributed by atoms with Crippen LogP contribution in [-0.4, -0.2) is 33.2 Å². The van der Waals surface area contributed by atoms with Crippen LogP contribution in [0.2, 0.25) is 0 Å². The lowest BCUT2D eigenvalue weighted by molar-refractivity contribution is -0.137. The summed E-state index contributed by atoms with van der Waals surface area (Å²) >= 11 is 0. The van der Waals surface area contributed by atoms with Crippen molar-refractivity contribution in [3.05, 3.63) is 52.3 Å². The lowest BCUT2D eigenvalue weighted by atomic mass is 10.0. The number of carbonyl (C=O) groups excluding carboxylic acids is 1. The van der Waals surface area contributed by atoms with Crippen molar-refractivity contribution in [2.24, 2.45) is 0 Å². The minimum absolute atomic E-state index is 0.0867. The second kappa shape index (κ2) is 7.44. The maximum Gasteiger partial charge on any atom is 0.437 e. The molecule has 0 atom stereocenters. The molecule has 0 aliphatic heterocycles. The summed E-state index contributed by atoms with van der Waals surface area (Å²) in [6.45, 7) is 6.24. The number of methoxy groups -OCH3 is 1. The Balaban J connectivity index is 2.18. The molecule has 1 heterocycles. The molecule has 0 aliphatic carbocycles. The largest absolute Gasteiger partial charge is 0.437 e. The van der Waals surface area contributed by atoms with Crippen LogP contribution >= 0.6 is 0 Å². The second-order valence-electron chi connectivity index (χ2n) is 6.49. The summed E-state index contributed by atoms with van der Waals surface area (Å²) in [5, 5.41) is 3.98. The third-order valence-corrected chi connectivity index (χ3v) is 3.50. The molecule has 1 amide bonds. The van der Waals surface area contributed by atoms with E-state index in [1.807, 2.05) is 51.1 Å². The highest BCUT2D eigenvalue weighted by molar-refractivity contribution is 5.76. The molecule has 0 fully saturated rings. The minimum Gasteiger partial charge on any atom is -0.390 e. The van der Waals surface area contributed by atoms with Crippen LogP contribution in [0.5, 0.6) is 0 Å². The molecule has 1 aromatic heterocycles. The van der Waals surface area contributed by atoms with E-state index in [0.717, 1.165) is 10.2 Å². The predicted molar refractivity (Wildman–Crippen MR) is 88.2 cm³/mol. The van der Waals surface area contributed by atoms with Gasteiger partial charge in [0.15, 0.2) is 0 Å². The fourth-order valence-electron chi connectivity index (χ4n) is 2.31. The van der Waals surface area contributed by atoms with Crippen LogP contribution in [-0.2, 0) is 29.2 Å². The van der Waals surface area contributed by atoms with Crippen molar-refractivity contribution < 1.29 is 13.9 Å². The Kier molecular flexibility index (Phi) is 5.56. The quantitative estimate of drug-likeness (QED) is 0.806. The van der Waals surface area contributed by atoms with E-state index < -0.39 is 11.3 Å².